The van der Waals surface area contributed by atoms with Crippen molar-refractivity contribution in [2.24, 2.45) is 5.73 Å². The van der Waals surface area contributed by atoms with Gasteiger partial charge in [0.2, 0.25) is 5.16 Å². The van der Waals surface area contributed by atoms with Crippen molar-refractivity contribution in [3.8, 4) is 17.6 Å². The molecule has 0 amide bonds. The van der Waals surface area contributed by atoms with Crippen LogP contribution in [0.15, 0.2) is 40.7 Å². The van der Waals surface area contributed by atoms with Gasteiger partial charge in [-0.05, 0) is 19.1 Å². The zero-order chi connectivity index (χ0) is 19.1. The highest BCUT2D eigenvalue weighted by Gasteiger charge is 2.16. The van der Waals surface area contributed by atoms with Crippen LogP contribution in [0, 0.1) is 11.3 Å². The number of methoxy groups -OCH3 is 1. The molecule has 9 nitrogen and oxygen atoms in total. The minimum Gasteiger partial charge on any atom is -0.497 e. The molecule has 0 atom stereocenters. The maximum Gasteiger partial charge on any atom is 0.210 e. The maximum absolute atomic E-state index is 12.0. The summed E-state index contributed by atoms with van der Waals surface area (Å²) >= 11 is 1.06. The second-order valence-electron chi connectivity index (χ2n) is 5.12. The molecule has 1 heterocycles. The molecule has 0 aliphatic carbocycles. The molecule has 0 spiro atoms. The summed E-state index contributed by atoms with van der Waals surface area (Å²) in [5.74, 6) is 7.16. The Morgan fingerprint density at radius 2 is 2.12 bits per heavy atom. The Labute approximate surface area is 154 Å². The van der Waals surface area contributed by atoms with Crippen LogP contribution in [0.2, 0.25) is 0 Å². The van der Waals surface area contributed by atoms with Gasteiger partial charge in [0.05, 0.1) is 12.9 Å². The second-order valence-corrected chi connectivity index (χ2v) is 6.06. The number of benzene rings is 1. The lowest BCUT2D eigenvalue weighted by Gasteiger charge is -2.07. The number of carbonyl (C=O) groups is 1. The van der Waals surface area contributed by atoms with E-state index < -0.39 is 5.78 Å². The molecule has 1 aromatic carbocycles. The van der Waals surface area contributed by atoms with Gasteiger partial charge in [-0.2, -0.15) is 5.26 Å². The minimum absolute atomic E-state index is 0.0243. The summed E-state index contributed by atoms with van der Waals surface area (Å²) in [5, 5.41) is 17.1. The maximum atomic E-state index is 12.0. The Kier molecular flexibility index (Phi) is 6.46. The summed E-state index contributed by atoms with van der Waals surface area (Å²) in [5.41, 5.74) is 5.62. The van der Waals surface area contributed by atoms with E-state index in [1.54, 1.807) is 37.4 Å². The van der Waals surface area contributed by atoms with Crippen molar-refractivity contribution in [1.82, 2.24) is 14.9 Å². The van der Waals surface area contributed by atoms with Crippen molar-refractivity contribution in [1.29, 1.82) is 5.26 Å². The summed E-state index contributed by atoms with van der Waals surface area (Å²) in [4.78, 5) is 12.0. The predicted molar refractivity (Wildman–Crippen MR) is 95.7 cm³/mol. The first-order valence-corrected chi connectivity index (χ1v) is 8.43. The number of ether oxygens (including phenoxy) is 2. The van der Waals surface area contributed by atoms with E-state index in [0.29, 0.717) is 22.5 Å². The van der Waals surface area contributed by atoms with Crippen molar-refractivity contribution >= 4 is 17.5 Å². The van der Waals surface area contributed by atoms with E-state index in [9.17, 15) is 4.79 Å². The molecule has 0 aliphatic heterocycles. The van der Waals surface area contributed by atoms with E-state index >= 15 is 0 Å². The summed E-state index contributed by atoms with van der Waals surface area (Å²) in [6, 6.07) is 8.90. The zero-order valence-corrected chi connectivity index (χ0v) is 15.1. The standard InChI is InChI=1S/C16H18N6O3S/c1-10(18)13(7-17)14(23)9-26-16-21-20-15(22(16)19)8-25-12-5-3-4-11(6-12)24-2/h3-6H,8-9,18-19H2,1-2H3/b13-10+. The highest BCUT2D eigenvalue weighted by atomic mass is 32.2. The fourth-order valence-electron chi connectivity index (χ4n) is 1.92. The van der Waals surface area contributed by atoms with Gasteiger partial charge in [0.1, 0.15) is 29.7 Å². The fourth-order valence-corrected chi connectivity index (χ4v) is 2.66. The third-order valence-corrected chi connectivity index (χ3v) is 4.20. The van der Waals surface area contributed by atoms with Crippen LogP contribution in [0.1, 0.15) is 12.7 Å². The number of nitrogen functional groups attached to an aromatic ring is 1. The van der Waals surface area contributed by atoms with Gasteiger partial charge in [0.25, 0.3) is 0 Å². The molecular formula is C16H18N6O3S. The number of thioether (sulfide) groups is 1. The van der Waals surface area contributed by atoms with Crippen LogP contribution in [0.4, 0.5) is 0 Å². The molecule has 2 rings (SSSR count). The molecule has 0 radical (unpaired) electrons. The molecule has 1 aromatic heterocycles. The van der Waals surface area contributed by atoms with Crippen LogP contribution < -0.4 is 21.1 Å². The Morgan fingerprint density at radius 1 is 1.38 bits per heavy atom. The van der Waals surface area contributed by atoms with Gasteiger partial charge >= 0.3 is 0 Å². The molecule has 26 heavy (non-hydrogen) atoms. The van der Waals surface area contributed by atoms with Crippen LogP contribution in [-0.4, -0.2) is 33.5 Å². The molecule has 2 aromatic rings. The number of ketones is 1. The number of carbonyl (C=O) groups excluding carboxylic acids is 1. The lowest BCUT2D eigenvalue weighted by atomic mass is 10.2. The second kappa shape index (κ2) is 8.77. The van der Waals surface area contributed by atoms with Crippen LogP contribution in [0.25, 0.3) is 0 Å². The molecule has 0 fully saturated rings. The average molecular weight is 374 g/mol. The molecule has 4 N–H and O–H groups in total. The van der Waals surface area contributed by atoms with Gasteiger partial charge in [0, 0.05) is 11.8 Å². The van der Waals surface area contributed by atoms with Crippen molar-refractivity contribution in [3.63, 3.8) is 0 Å². The highest BCUT2D eigenvalue weighted by molar-refractivity contribution is 7.99. The summed E-state index contributed by atoms with van der Waals surface area (Å²) < 4.78 is 12.0. The molecule has 0 saturated heterocycles. The highest BCUT2D eigenvalue weighted by Crippen LogP contribution is 2.21. The molecule has 136 valence electrons. The van der Waals surface area contributed by atoms with Crippen LogP contribution >= 0.6 is 11.8 Å². The van der Waals surface area contributed by atoms with Gasteiger partial charge in [-0.1, -0.05) is 17.8 Å². The summed E-state index contributed by atoms with van der Waals surface area (Å²) in [6.45, 7) is 1.59. The van der Waals surface area contributed by atoms with Crippen molar-refractivity contribution in [2.45, 2.75) is 18.7 Å². The van der Waals surface area contributed by atoms with Gasteiger partial charge < -0.3 is 21.1 Å². The van der Waals surface area contributed by atoms with E-state index in [0.717, 1.165) is 11.8 Å². The number of allylic oxidation sites excluding steroid dienone is 2. The third kappa shape index (κ3) is 4.67. The smallest absolute Gasteiger partial charge is 0.210 e. The topological polar surface area (TPSA) is 142 Å². The number of aromatic nitrogens is 3. The number of Topliss-reactive ketones (excluding diaryl/α,β-unsaturated/α-hetero) is 1. The van der Waals surface area contributed by atoms with Gasteiger partial charge in [-0.3, -0.25) is 4.79 Å². The van der Waals surface area contributed by atoms with E-state index in [-0.39, 0.29) is 23.6 Å². The van der Waals surface area contributed by atoms with E-state index in [4.69, 9.17) is 26.3 Å². The summed E-state index contributed by atoms with van der Waals surface area (Å²) in [7, 11) is 1.57. The molecule has 0 saturated carbocycles. The molecule has 0 unspecified atom stereocenters. The minimum atomic E-state index is -0.394. The number of nitrogens with two attached hydrogens (primary N) is 2. The molecular weight excluding hydrogens is 356 g/mol. The van der Waals surface area contributed by atoms with E-state index in [1.807, 2.05) is 0 Å². The number of nitriles is 1. The van der Waals surface area contributed by atoms with Gasteiger partial charge in [0.15, 0.2) is 11.6 Å². The van der Waals surface area contributed by atoms with Crippen LogP contribution in [-0.2, 0) is 11.4 Å². The largest absolute Gasteiger partial charge is 0.497 e. The lowest BCUT2D eigenvalue weighted by molar-refractivity contribution is -0.112. The monoisotopic (exact) mass is 374 g/mol. The number of rotatable bonds is 8. The first-order valence-electron chi connectivity index (χ1n) is 7.45. The van der Waals surface area contributed by atoms with Crippen molar-refractivity contribution in [3.05, 3.63) is 41.4 Å². The lowest BCUT2D eigenvalue weighted by Crippen LogP contribution is -2.17. The Balaban J connectivity index is 1.98. The molecule has 0 aliphatic rings. The Morgan fingerprint density at radius 3 is 2.77 bits per heavy atom. The van der Waals surface area contributed by atoms with Crippen molar-refractivity contribution < 1.29 is 14.3 Å². The average Bonchev–Trinajstić information content (AvgIpc) is 2.98. The summed E-state index contributed by atoms with van der Waals surface area (Å²) in [6.07, 6.45) is 0. The van der Waals surface area contributed by atoms with Crippen LogP contribution in [0.5, 0.6) is 11.5 Å². The first kappa shape index (κ1) is 19.1. The fraction of sp³-hybridized carbons (Fsp3) is 0.250. The van der Waals surface area contributed by atoms with Gasteiger partial charge in [-0.25, -0.2) is 4.68 Å². The first-order chi connectivity index (χ1) is 12.5. The normalized spacial score (nSPS) is 11.4. The zero-order valence-electron chi connectivity index (χ0n) is 14.3. The number of hydrogen-bond donors (Lipinski definition) is 2. The number of hydrogen-bond acceptors (Lipinski definition) is 9. The Hall–Kier alpha value is -3.19. The number of nitrogens with zero attached hydrogens (tertiary/aromatic N) is 4. The van der Waals surface area contributed by atoms with Crippen molar-refractivity contribution in [2.75, 3.05) is 18.7 Å². The SMILES string of the molecule is COc1cccc(OCc2nnc(SCC(=O)/C(C#N)=C(\C)N)n2N)c1. The quantitative estimate of drug-likeness (QED) is 0.299. The van der Waals surface area contributed by atoms with E-state index in [1.165, 1.54) is 11.6 Å². The third-order valence-electron chi connectivity index (χ3n) is 3.26. The van der Waals surface area contributed by atoms with Crippen LogP contribution in [0.3, 0.4) is 0 Å². The van der Waals surface area contributed by atoms with Gasteiger partial charge in [-0.15, -0.1) is 10.2 Å². The molecule has 0 bridgehead atoms. The molecule has 10 heteroatoms. The Bertz CT molecular complexity index is 867. The van der Waals surface area contributed by atoms with E-state index in [2.05, 4.69) is 10.2 Å². The predicted octanol–water partition coefficient (Wildman–Crippen LogP) is 0.997.